The number of aliphatic imine (C=N–C) groups is 1. The van der Waals surface area contributed by atoms with Crippen LogP contribution in [0.2, 0.25) is 0 Å². The molecule has 2 aromatic rings. The molecule has 1 aliphatic rings. The average Bonchev–Trinajstić information content (AvgIpc) is 3.18. The maximum absolute atomic E-state index is 6.06. The first-order chi connectivity index (χ1) is 12.3. The normalized spacial score (nSPS) is 16.7. The third-order valence-electron chi connectivity index (χ3n) is 4.70. The van der Waals surface area contributed by atoms with Crippen molar-refractivity contribution in [3.8, 4) is 0 Å². The summed E-state index contributed by atoms with van der Waals surface area (Å²) in [5.74, 6) is 1.48. The lowest BCUT2D eigenvalue weighted by atomic mass is 10.1. The van der Waals surface area contributed by atoms with E-state index in [4.69, 9.17) is 10.2 Å². The summed E-state index contributed by atoms with van der Waals surface area (Å²) in [6, 6.07) is 14.5. The molecule has 0 amide bonds. The molecule has 1 fully saturated rings. The number of rotatable bonds is 7. The van der Waals surface area contributed by atoms with Gasteiger partial charge in [0.1, 0.15) is 5.76 Å². The number of hydrogen-bond acceptors (Lipinski definition) is 3. The molecule has 2 heterocycles. The van der Waals surface area contributed by atoms with Gasteiger partial charge in [-0.25, -0.2) is 0 Å². The molecule has 0 radical (unpaired) electrons. The Labute approximate surface area is 173 Å². The summed E-state index contributed by atoms with van der Waals surface area (Å²) in [7, 11) is 0. The molecule has 1 saturated heterocycles. The molecule has 3 rings (SSSR count). The van der Waals surface area contributed by atoms with Crippen molar-refractivity contribution in [2.24, 2.45) is 10.7 Å². The number of nitrogens with zero attached hydrogens (tertiary/aromatic N) is 2. The molecule has 1 aliphatic heterocycles. The van der Waals surface area contributed by atoms with E-state index in [1.54, 1.807) is 6.26 Å². The topological polar surface area (TPSA) is 66.8 Å². The quantitative estimate of drug-likeness (QED) is 0.371. The smallest absolute Gasteiger partial charge is 0.188 e. The molecular formula is C20H29IN4O. The number of benzene rings is 1. The van der Waals surface area contributed by atoms with Crippen LogP contribution in [0.1, 0.15) is 36.6 Å². The van der Waals surface area contributed by atoms with E-state index >= 15 is 0 Å². The highest BCUT2D eigenvalue weighted by Crippen LogP contribution is 2.25. The summed E-state index contributed by atoms with van der Waals surface area (Å²) in [6.45, 7) is 3.61. The summed E-state index contributed by atoms with van der Waals surface area (Å²) >= 11 is 0. The Morgan fingerprint density at radius 1 is 1.12 bits per heavy atom. The minimum Gasteiger partial charge on any atom is -0.468 e. The number of halogens is 1. The second-order valence-electron chi connectivity index (χ2n) is 6.52. The SMILES string of the molecule is I.NC(=NCC(c1ccco1)N1CCCCC1)NCCc1ccccc1. The van der Waals surface area contributed by atoms with Crippen LogP contribution in [0, 0.1) is 0 Å². The maximum Gasteiger partial charge on any atom is 0.188 e. The zero-order chi connectivity index (χ0) is 17.3. The number of guanidine groups is 1. The van der Waals surface area contributed by atoms with Gasteiger partial charge >= 0.3 is 0 Å². The van der Waals surface area contributed by atoms with Gasteiger partial charge in [0.15, 0.2) is 5.96 Å². The molecule has 1 unspecified atom stereocenters. The third-order valence-corrected chi connectivity index (χ3v) is 4.70. The van der Waals surface area contributed by atoms with Gasteiger partial charge in [0.2, 0.25) is 0 Å². The van der Waals surface area contributed by atoms with Gasteiger partial charge in [-0.2, -0.15) is 0 Å². The van der Waals surface area contributed by atoms with Gasteiger partial charge in [0, 0.05) is 6.54 Å². The van der Waals surface area contributed by atoms with Crippen LogP contribution in [0.25, 0.3) is 0 Å². The number of likely N-dealkylation sites (tertiary alicyclic amines) is 1. The van der Waals surface area contributed by atoms with Gasteiger partial charge in [-0.3, -0.25) is 9.89 Å². The van der Waals surface area contributed by atoms with E-state index in [0.29, 0.717) is 12.5 Å². The van der Waals surface area contributed by atoms with Crippen LogP contribution in [-0.4, -0.2) is 37.0 Å². The average molecular weight is 468 g/mol. The summed E-state index contributed by atoms with van der Waals surface area (Å²) in [5, 5.41) is 3.21. The first-order valence-corrected chi connectivity index (χ1v) is 9.18. The van der Waals surface area contributed by atoms with E-state index in [2.05, 4.69) is 39.5 Å². The van der Waals surface area contributed by atoms with Crippen molar-refractivity contribution in [1.29, 1.82) is 0 Å². The highest BCUT2D eigenvalue weighted by atomic mass is 127. The Balaban J connectivity index is 0.00000243. The van der Waals surface area contributed by atoms with E-state index in [9.17, 15) is 0 Å². The fraction of sp³-hybridized carbons (Fsp3) is 0.450. The molecular weight excluding hydrogens is 439 g/mol. The third kappa shape index (κ3) is 6.32. The molecule has 1 aromatic carbocycles. The molecule has 1 atom stereocenters. The van der Waals surface area contributed by atoms with Gasteiger partial charge in [0.05, 0.1) is 18.8 Å². The second-order valence-corrected chi connectivity index (χ2v) is 6.52. The number of hydrogen-bond donors (Lipinski definition) is 2. The fourth-order valence-corrected chi connectivity index (χ4v) is 3.32. The van der Waals surface area contributed by atoms with Crippen molar-refractivity contribution in [3.05, 3.63) is 60.1 Å². The molecule has 0 saturated carbocycles. The lowest BCUT2D eigenvalue weighted by molar-refractivity contribution is 0.150. The number of piperidine rings is 1. The first-order valence-electron chi connectivity index (χ1n) is 9.18. The van der Waals surface area contributed by atoms with Gasteiger partial charge in [0.25, 0.3) is 0 Å². The molecule has 0 aliphatic carbocycles. The minimum atomic E-state index is 0. The number of nitrogens with two attached hydrogens (primary N) is 1. The number of furan rings is 1. The molecule has 6 heteroatoms. The molecule has 1 aromatic heterocycles. The molecule has 0 bridgehead atoms. The second kappa shape index (κ2) is 11.2. The van der Waals surface area contributed by atoms with Crippen LogP contribution in [0.3, 0.4) is 0 Å². The summed E-state index contributed by atoms with van der Waals surface area (Å²) in [5.41, 5.74) is 7.35. The van der Waals surface area contributed by atoms with Gasteiger partial charge < -0.3 is 15.5 Å². The van der Waals surface area contributed by atoms with Crippen molar-refractivity contribution in [2.45, 2.75) is 31.7 Å². The summed E-state index contributed by atoms with van der Waals surface area (Å²) in [4.78, 5) is 7.03. The van der Waals surface area contributed by atoms with Crippen LogP contribution < -0.4 is 11.1 Å². The standard InChI is InChI=1S/C20H28N4O.HI/c21-20(22-12-11-17-8-3-1-4-9-17)23-16-18(19-10-7-15-25-19)24-13-5-2-6-14-24;/h1,3-4,7-10,15,18H,2,5-6,11-14,16H2,(H3,21,22,23);1H. The van der Waals surface area contributed by atoms with Crippen LogP contribution in [0.4, 0.5) is 0 Å². The Bertz CT molecular complexity index is 639. The van der Waals surface area contributed by atoms with Gasteiger partial charge in [-0.1, -0.05) is 36.8 Å². The van der Waals surface area contributed by atoms with Crippen molar-refractivity contribution >= 4 is 29.9 Å². The van der Waals surface area contributed by atoms with Crippen molar-refractivity contribution in [1.82, 2.24) is 10.2 Å². The Kier molecular flexibility index (Phi) is 8.97. The van der Waals surface area contributed by atoms with E-state index in [-0.39, 0.29) is 30.0 Å². The Morgan fingerprint density at radius 3 is 2.58 bits per heavy atom. The van der Waals surface area contributed by atoms with E-state index in [1.807, 2.05) is 18.2 Å². The monoisotopic (exact) mass is 468 g/mol. The van der Waals surface area contributed by atoms with Crippen LogP contribution >= 0.6 is 24.0 Å². The van der Waals surface area contributed by atoms with Crippen LogP contribution in [0.5, 0.6) is 0 Å². The van der Waals surface area contributed by atoms with Crippen LogP contribution in [0.15, 0.2) is 58.1 Å². The maximum atomic E-state index is 6.06. The number of nitrogens with one attached hydrogen (secondary N) is 1. The van der Waals surface area contributed by atoms with Crippen LogP contribution in [-0.2, 0) is 6.42 Å². The largest absolute Gasteiger partial charge is 0.468 e. The predicted octanol–water partition coefficient (Wildman–Crippen LogP) is 3.57. The highest BCUT2D eigenvalue weighted by Gasteiger charge is 2.24. The molecule has 5 nitrogen and oxygen atoms in total. The zero-order valence-corrected chi connectivity index (χ0v) is 17.5. The van der Waals surface area contributed by atoms with E-state index < -0.39 is 0 Å². The lowest BCUT2D eigenvalue weighted by Gasteiger charge is -2.32. The minimum absolute atomic E-state index is 0. The van der Waals surface area contributed by atoms with Crippen molar-refractivity contribution in [3.63, 3.8) is 0 Å². The Morgan fingerprint density at radius 2 is 1.88 bits per heavy atom. The first kappa shape index (κ1) is 20.8. The van der Waals surface area contributed by atoms with Gasteiger partial charge in [-0.05, 0) is 50.0 Å². The predicted molar refractivity (Wildman–Crippen MR) is 117 cm³/mol. The summed E-state index contributed by atoms with van der Waals surface area (Å²) < 4.78 is 5.65. The van der Waals surface area contributed by atoms with E-state index in [1.165, 1.54) is 24.8 Å². The van der Waals surface area contributed by atoms with E-state index in [0.717, 1.165) is 31.8 Å². The molecule has 142 valence electrons. The Hall–Kier alpha value is -1.54. The van der Waals surface area contributed by atoms with Gasteiger partial charge in [-0.15, -0.1) is 24.0 Å². The fourth-order valence-electron chi connectivity index (χ4n) is 3.32. The molecule has 26 heavy (non-hydrogen) atoms. The molecule has 3 N–H and O–H groups in total. The highest BCUT2D eigenvalue weighted by molar-refractivity contribution is 14.0. The lowest BCUT2D eigenvalue weighted by Crippen LogP contribution is -2.37. The van der Waals surface area contributed by atoms with Crippen molar-refractivity contribution < 1.29 is 4.42 Å². The zero-order valence-electron chi connectivity index (χ0n) is 15.1. The molecule has 0 spiro atoms. The van der Waals surface area contributed by atoms with Crippen molar-refractivity contribution in [2.75, 3.05) is 26.2 Å². The summed E-state index contributed by atoms with van der Waals surface area (Å²) in [6.07, 6.45) is 6.47.